The van der Waals surface area contributed by atoms with Gasteiger partial charge in [-0.3, -0.25) is 9.59 Å². The molecule has 206 valence electrons. The second-order valence-electron chi connectivity index (χ2n) is 9.69. The van der Waals surface area contributed by atoms with Gasteiger partial charge in [0.1, 0.15) is 29.8 Å². The van der Waals surface area contributed by atoms with Crippen LogP contribution in [0, 0.1) is 5.82 Å². The van der Waals surface area contributed by atoms with Gasteiger partial charge in [0.2, 0.25) is 5.88 Å². The zero-order valence-electron chi connectivity index (χ0n) is 21.7. The van der Waals surface area contributed by atoms with Crippen LogP contribution in [0.25, 0.3) is 0 Å². The van der Waals surface area contributed by atoms with Crippen LogP contribution < -0.4 is 20.1 Å². The number of carbonyl (C=O) groups is 2. The van der Waals surface area contributed by atoms with Crippen molar-refractivity contribution in [2.45, 2.75) is 70.1 Å². The molecule has 1 aromatic carbocycles. The fourth-order valence-electron chi connectivity index (χ4n) is 4.80. The molecule has 0 atom stereocenters. The van der Waals surface area contributed by atoms with Gasteiger partial charge < -0.3 is 25.2 Å². The predicted octanol–water partition coefficient (Wildman–Crippen LogP) is 3.90. The molecule has 2 aliphatic rings. The first-order valence-electron chi connectivity index (χ1n) is 13.3. The van der Waals surface area contributed by atoms with E-state index in [9.17, 15) is 14.0 Å². The minimum absolute atomic E-state index is 0.0209. The summed E-state index contributed by atoms with van der Waals surface area (Å²) < 4.78 is 25.5. The number of nitrogens with zero attached hydrogens (tertiary/aromatic N) is 1. The standard InChI is InChI=1S/C28H36FN3O5S/c1-2-18-3-8-25(36-12-11-33)23(15-18)26(34)31-20-4-6-21(7-5-20)32-27(35)24-16-19(29)17-30-28(24)37-22-9-13-38-14-10-22/h3,8,15-17,20-22,33H,2,4-7,9-14H2,1H3,(H,31,34)(H,32,35). The van der Waals surface area contributed by atoms with Crippen molar-refractivity contribution in [2.24, 2.45) is 0 Å². The number of carbonyl (C=O) groups excluding carboxylic acids is 2. The highest BCUT2D eigenvalue weighted by atomic mass is 32.2. The molecule has 2 aromatic rings. The minimum atomic E-state index is -0.581. The van der Waals surface area contributed by atoms with Crippen LogP contribution in [0.15, 0.2) is 30.5 Å². The van der Waals surface area contributed by atoms with E-state index in [0.29, 0.717) is 37.0 Å². The molecule has 0 bridgehead atoms. The lowest BCUT2D eigenvalue weighted by Gasteiger charge is -2.30. The lowest BCUT2D eigenvalue weighted by molar-refractivity contribution is 0.0883. The Balaban J connectivity index is 1.32. The molecule has 4 rings (SSSR count). The van der Waals surface area contributed by atoms with Crippen molar-refractivity contribution in [3.63, 3.8) is 0 Å². The summed E-state index contributed by atoms with van der Waals surface area (Å²) in [6.07, 6.45) is 6.34. The molecule has 2 fully saturated rings. The van der Waals surface area contributed by atoms with Crippen molar-refractivity contribution in [2.75, 3.05) is 24.7 Å². The molecule has 2 amide bonds. The first kappa shape index (κ1) is 28.2. The van der Waals surface area contributed by atoms with Gasteiger partial charge in [-0.05, 0) is 80.2 Å². The van der Waals surface area contributed by atoms with E-state index in [1.807, 2.05) is 30.8 Å². The van der Waals surface area contributed by atoms with Gasteiger partial charge in [0.15, 0.2) is 0 Å². The van der Waals surface area contributed by atoms with Gasteiger partial charge in [-0.25, -0.2) is 9.37 Å². The number of ether oxygens (including phenoxy) is 2. The maximum Gasteiger partial charge on any atom is 0.257 e. The normalized spacial score (nSPS) is 20.0. The molecule has 3 N–H and O–H groups in total. The van der Waals surface area contributed by atoms with Crippen LogP contribution in [-0.2, 0) is 6.42 Å². The summed E-state index contributed by atoms with van der Waals surface area (Å²) >= 11 is 1.87. The molecule has 1 aliphatic carbocycles. The Labute approximate surface area is 227 Å². The number of benzene rings is 1. The first-order valence-corrected chi connectivity index (χ1v) is 14.5. The molecule has 0 radical (unpaired) electrons. The number of pyridine rings is 1. The number of rotatable bonds is 10. The van der Waals surface area contributed by atoms with E-state index in [-0.39, 0.29) is 48.8 Å². The Morgan fingerprint density at radius 1 is 1.03 bits per heavy atom. The van der Waals surface area contributed by atoms with E-state index in [1.165, 1.54) is 6.07 Å². The smallest absolute Gasteiger partial charge is 0.257 e. The summed E-state index contributed by atoms with van der Waals surface area (Å²) in [5.41, 5.74) is 1.59. The van der Waals surface area contributed by atoms with Crippen LogP contribution >= 0.6 is 11.8 Å². The third kappa shape index (κ3) is 7.60. The fraction of sp³-hybridized carbons (Fsp3) is 0.536. The molecule has 1 saturated heterocycles. The summed E-state index contributed by atoms with van der Waals surface area (Å²) in [6, 6.07) is 6.56. The molecule has 10 heteroatoms. The van der Waals surface area contributed by atoms with Crippen LogP contribution in [0.2, 0.25) is 0 Å². The molecule has 0 spiro atoms. The van der Waals surface area contributed by atoms with Gasteiger partial charge in [0.05, 0.1) is 18.4 Å². The Hall–Kier alpha value is -2.85. The highest BCUT2D eigenvalue weighted by molar-refractivity contribution is 7.99. The Morgan fingerprint density at radius 2 is 1.68 bits per heavy atom. The third-order valence-electron chi connectivity index (χ3n) is 6.95. The lowest BCUT2D eigenvalue weighted by Crippen LogP contribution is -2.44. The zero-order chi connectivity index (χ0) is 26.9. The summed E-state index contributed by atoms with van der Waals surface area (Å²) in [5.74, 6) is 1.42. The molecule has 38 heavy (non-hydrogen) atoms. The molecule has 1 aliphatic heterocycles. The Bertz CT molecular complexity index is 1100. The molecular weight excluding hydrogens is 509 g/mol. The van der Waals surface area contributed by atoms with Gasteiger partial charge in [-0.2, -0.15) is 11.8 Å². The minimum Gasteiger partial charge on any atom is -0.490 e. The van der Waals surface area contributed by atoms with E-state index in [4.69, 9.17) is 14.6 Å². The molecular formula is C28H36FN3O5S. The van der Waals surface area contributed by atoms with Crippen molar-refractivity contribution in [3.8, 4) is 11.6 Å². The van der Waals surface area contributed by atoms with Crippen LogP contribution in [0.5, 0.6) is 11.6 Å². The largest absolute Gasteiger partial charge is 0.490 e. The number of thioether (sulfide) groups is 1. The number of hydrogen-bond donors (Lipinski definition) is 3. The highest BCUT2D eigenvalue weighted by Crippen LogP contribution is 2.26. The maximum absolute atomic E-state index is 14.0. The molecule has 8 nitrogen and oxygen atoms in total. The van der Waals surface area contributed by atoms with E-state index in [1.54, 1.807) is 6.07 Å². The summed E-state index contributed by atoms with van der Waals surface area (Å²) in [7, 11) is 0. The van der Waals surface area contributed by atoms with Crippen LogP contribution in [0.1, 0.15) is 71.7 Å². The van der Waals surface area contributed by atoms with Crippen molar-refractivity contribution in [1.29, 1.82) is 0 Å². The number of aryl methyl sites for hydroxylation is 1. The van der Waals surface area contributed by atoms with E-state index in [2.05, 4.69) is 15.6 Å². The van der Waals surface area contributed by atoms with Gasteiger partial charge in [0, 0.05) is 12.1 Å². The number of nitrogens with one attached hydrogen (secondary N) is 2. The van der Waals surface area contributed by atoms with E-state index >= 15 is 0 Å². The van der Waals surface area contributed by atoms with Gasteiger partial charge in [0.25, 0.3) is 11.8 Å². The molecule has 0 unspecified atom stereocenters. The van der Waals surface area contributed by atoms with Crippen molar-refractivity contribution >= 4 is 23.6 Å². The topological polar surface area (TPSA) is 110 Å². The second-order valence-corrected chi connectivity index (χ2v) is 10.9. The van der Waals surface area contributed by atoms with Gasteiger partial charge in [-0.1, -0.05) is 13.0 Å². The van der Waals surface area contributed by atoms with Crippen molar-refractivity contribution in [1.82, 2.24) is 15.6 Å². The average Bonchev–Trinajstić information content (AvgIpc) is 2.94. The predicted molar refractivity (Wildman–Crippen MR) is 145 cm³/mol. The van der Waals surface area contributed by atoms with Crippen LogP contribution in [0.3, 0.4) is 0 Å². The number of aliphatic hydroxyl groups is 1. The third-order valence-corrected chi connectivity index (χ3v) is 8.00. The van der Waals surface area contributed by atoms with E-state index in [0.717, 1.165) is 42.5 Å². The quantitative estimate of drug-likeness (QED) is 0.415. The van der Waals surface area contributed by atoms with Gasteiger partial charge >= 0.3 is 0 Å². The second kappa shape index (κ2) is 13.8. The molecule has 1 aromatic heterocycles. The summed E-state index contributed by atoms with van der Waals surface area (Å²) in [4.78, 5) is 30.2. The van der Waals surface area contributed by atoms with E-state index < -0.39 is 11.7 Å². The lowest BCUT2D eigenvalue weighted by atomic mass is 9.90. The number of amides is 2. The number of aliphatic hydroxyl groups excluding tert-OH is 1. The Kier molecular flexibility index (Phi) is 10.2. The Morgan fingerprint density at radius 3 is 2.32 bits per heavy atom. The number of halogens is 1. The monoisotopic (exact) mass is 545 g/mol. The fourth-order valence-corrected chi connectivity index (χ4v) is 5.86. The molecule has 1 saturated carbocycles. The summed E-state index contributed by atoms with van der Waals surface area (Å²) in [5, 5.41) is 15.2. The van der Waals surface area contributed by atoms with Gasteiger partial charge in [-0.15, -0.1) is 0 Å². The summed E-state index contributed by atoms with van der Waals surface area (Å²) in [6.45, 7) is 2.00. The van der Waals surface area contributed by atoms with Crippen LogP contribution in [-0.4, -0.2) is 64.8 Å². The SMILES string of the molecule is CCc1ccc(OCCO)c(C(=O)NC2CCC(NC(=O)c3cc(F)cnc3OC3CCSCC3)CC2)c1. The van der Waals surface area contributed by atoms with Crippen molar-refractivity contribution < 1.29 is 28.6 Å². The highest BCUT2D eigenvalue weighted by Gasteiger charge is 2.27. The van der Waals surface area contributed by atoms with Crippen molar-refractivity contribution in [3.05, 3.63) is 53.0 Å². The zero-order valence-corrected chi connectivity index (χ0v) is 22.5. The maximum atomic E-state index is 14.0. The average molecular weight is 546 g/mol. The molecule has 2 heterocycles. The number of aromatic nitrogens is 1. The van der Waals surface area contributed by atoms with Crippen LogP contribution in [0.4, 0.5) is 4.39 Å². The number of hydrogen-bond acceptors (Lipinski definition) is 7. The first-order chi connectivity index (χ1) is 18.5.